The zero-order valence-electron chi connectivity index (χ0n) is 14.5. The third kappa shape index (κ3) is 2.96. The number of aromatic nitrogens is 2. The summed E-state index contributed by atoms with van der Waals surface area (Å²) in [6.07, 6.45) is 1.56. The number of amides is 1. The molecule has 2 heterocycles. The van der Waals surface area contributed by atoms with Crippen molar-refractivity contribution < 1.29 is 13.6 Å². The summed E-state index contributed by atoms with van der Waals surface area (Å²) in [7, 11) is 0. The van der Waals surface area contributed by atoms with Crippen LogP contribution in [0.1, 0.15) is 35.1 Å². The molecule has 6 heteroatoms. The van der Waals surface area contributed by atoms with Gasteiger partial charge >= 0.3 is 0 Å². The van der Waals surface area contributed by atoms with Crippen LogP contribution in [0.15, 0.2) is 42.5 Å². The molecule has 0 saturated carbocycles. The number of hydrogen-bond donors (Lipinski definition) is 0. The van der Waals surface area contributed by atoms with Gasteiger partial charge in [-0.1, -0.05) is 6.07 Å². The van der Waals surface area contributed by atoms with Crippen molar-refractivity contribution in [2.75, 3.05) is 13.1 Å². The fourth-order valence-corrected chi connectivity index (χ4v) is 3.78. The lowest BCUT2D eigenvalue weighted by molar-refractivity contribution is 0.0695. The maximum atomic E-state index is 13.4. The smallest absolute Gasteiger partial charge is 0.253 e. The van der Waals surface area contributed by atoms with Gasteiger partial charge in [-0.15, -0.1) is 0 Å². The topological polar surface area (TPSA) is 38.1 Å². The van der Waals surface area contributed by atoms with E-state index < -0.39 is 5.82 Å². The van der Waals surface area contributed by atoms with Crippen LogP contribution >= 0.6 is 0 Å². The minimum Gasteiger partial charge on any atom is -0.338 e. The molecule has 1 amide bonds. The van der Waals surface area contributed by atoms with Crippen molar-refractivity contribution in [2.45, 2.75) is 25.8 Å². The van der Waals surface area contributed by atoms with E-state index in [1.54, 1.807) is 23.1 Å². The van der Waals surface area contributed by atoms with Gasteiger partial charge in [0, 0.05) is 30.8 Å². The van der Waals surface area contributed by atoms with Gasteiger partial charge in [0.2, 0.25) is 0 Å². The summed E-state index contributed by atoms with van der Waals surface area (Å²) in [6.45, 7) is 3.11. The molecule has 0 aliphatic carbocycles. The summed E-state index contributed by atoms with van der Waals surface area (Å²) in [5.41, 5.74) is 1.95. The van der Waals surface area contributed by atoms with Gasteiger partial charge in [-0.3, -0.25) is 4.79 Å². The van der Waals surface area contributed by atoms with Crippen molar-refractivity contribution in [1.29, 1.82) is 0 Å². The summed E-state index contributed by atoms with van der Waals surface area (Å²) < 4.78 is 28.9. The molecule has 0 radical (unpaired) electrons. The Hall–Kier alpha value is -2.76. The van der Waals surface area contributed by atoms with Crippen LogP contribution in [0, 0.1) is 18.6 Å². The first kappa shape index (κ1) is 16.7. The van der Waals surface area contributed by atoms with Crippen LogP contribution < -0.4 is 0 Å². The van der Waals surface area contributed by atoms with Crippen molar-refractivity contribution in [1.82, 2.24) is 14.5 Å². The number of halogens is 2. The molecular weight excluding hydrogens is 336 g/mol. The Morgan fingerprint density at radius 2 is 1.81 bits per heavy atom. The standard InChI is InChI=1S/C20H19F2N3O/c1-13-23-18-12-16(22)5-6-19(18)25(13)17-7-9-24(10-8-17)20(26)14-3-2-4-15(21)11-14/h2-6,11-12,17H,7-10H2,1H3. The van der Waals surface area contributed by atoms with E-state index in [-0.39, 0.29) is 17.8 Å². The van der Waals surface area contributed by atoms with Crippen LogP contribution in [-0.2, 0) is 0 Å². The lowest BCUT2D eigenvalue weighted by atomic mass is 10.0. The monoisotopic (exact) mass is 355 g/mol. The molecule has 26 heavy (non-hydrogen) atoms. The Morgan fingerprint density at radius 3 is 2.54 bits per heavy atom. The average Bonchev–Trinajstić information content (AvgIpc) is 2.96. The Labute approximate surface area is 150 Å². The van der Waals surface area contributed by atoms with Gasteiger partial charge in [-0.25, -0.2) is 13.8 Å². The first-order chi connectivity index (χ1) is 12.5. The number of hydrogen-bond acceptors (Lipinski definition) is 2. The number of carbonyl (C=O) groups excluding carboxylic acids is 1. The predicted molar refractivity (Wildman–Crippen MR) is 95.0 cm³/mol. The second-order valence-corrected chi connectivity index (χ2v) is 6.70. The number of carbonyl (C=O) groups is 1. The van der Waals surface area contributed by atoms with E-state index in [1.165, 1.54) is 24.3 Å². The van der Waals surface area contributed by atoms with Crippen molar-refractivity contribution in [3.63, 3.8) is 0 Å². The van der Waals surface area contributed by atoms with Gasteiger partial charge in [0.25, 0.3) is 5.91 Å². The van der Waals surface area contributed by atoms with E-state index in [1.807, 2.05) is 6.92 Å². The zero-order valence-corrected chi connectivity index (χ0v) is 14.5. The highest BCUT2D eigenvalue weighted by Crippen LogP contribution is 2.29. The summed E-state index contributed by atoms with van der Waals surface area (Å²) in [6, 6.07) is 10.7. The third-order valence-electron chi connectivity index (χ3n) is 5.02. The molecule has 1 aliphatic heterocycles. The molecule has 1 aromatic heterocycles. The fourth-order valence-electron chi connectivity index (χ4n) is 3.78. The normalized spacial score (nSPS) is 15.6. The molecule has 0 bridgehead atoms. The number of nitrogens with zero attached hydrogens (tertiary/aromatic N) is 3. The van der Waals surface area contributed by atoms with E-state index in [9.17, 15) is 13.6 Å². The lowest BCUT2D eigenvalue weighted by Gasteiger charge is -2.33. The molecule has 0 atom stereocenters. The van der Waals surface area contributed by atoms with E-state index in [4.69, 9.17) is 0 Å². The van der Waals surface area contributed by atoms with Crippen LogP contribution in [0.4, 0.5) is 8.78 Å². The molecule has 0 N–H and O–H groups in total. The van der Waals surface area contributed by atoms with E-state index in [0.29, 0.717) is 24.2 Å². The first-order valence-electron chi connectivity index (χ1n) is 8.72. The predicted octanol–water partition coefficient (Wildman–Crippen LogP) is 4.10. The Morgan fingerprint density at radius 1 is 1.08 bits per heavy atom. The summed E-state index contributed by atoms with van der Waals surface area (Å²) in [4.78, 5) is 18.8. The molecule has 2 aromatic carbocycles. The van der Waals surface area contributed by atoms with Crippen molar-refractivity contribution in [3.8, 4) is 0 Å². The number of piperidine rings is 1. The van der Waals surface area contributed by atoms with Crippen LogP contribution in [0.5, 0.6) is 0 Å². The molecule has 4 nitrogen and oxygen atoms in total. The minimum absolute atomic E-state index is 0.141. The van der Waals surface area contributed by atoms with Crippen LogP contribution in [0.2, 0.25) is 0 Å². The average molecular weight is 355 g/mol. The number of benzene rings is 2. The quantitative estimate of drug-likeness (QED) is 0.694. The number of rotatable bonds is 2. The molecule has 0 spiro atoms. The Kier molecular flexibility index (Phi) is 4.18. The third-order valence-corrected chi connectivity index (χ3v) is 5.02. The second-order valence-electron chi connectivity index (χ2n) is 6.70. The van der Waals surface area contributed by atoms with Crippen LogP contribution in [0.3, 0.4) is 0 Å². The Bertz CT molecular complexity index is 974. The molecular formula is C20H19F2N3O. The summed E-state index contributed by atoms with van der Waals surface area (Å²) in [5.74, 6) is 0.00822. The zero-order chi connectivity index (χ0) is 18.3. The first-order valence-corrected chi connectivity index (χ1v) is 8.72. The van der Waals surface area contributed by atoms with Gasteiger partial charge in [-0.05, 0) is 50.1 Å². The van der Waals surface area contributed by atoms with Crippen molar-refractivity contribution in [2.24, 2.45) is 0 Å². The molecule has 134 valence electrons. The highest BCUT2D eigenvalue weighted by Gasteiger charge is 2.26. The van der Waals surface area contributed by atoms with Crippen molar-refractivity contribution >= 4 is 16.9 Å². The number of fused-ring (bicyclic) bond motifs is 1. The number of aryl methyl sites for hydroxylation is 1. The highest BCUT2D eigenvalue weighted by atomic mass is 19.1. The summed E-state index contributed by atoms with van der Waals surface area (Å²) in [5, 5.41) is 0. The van der Waals surface area contributed by atoms with Gasteiger partial charge < -0.3 is 9.47 Å². The van der Waals surface area contributed by atoms with Gasteiger partial charge in [0.1, 0.15) is 17.5 Å². The van der Waals surface area contributed by atoms with E-state index in [2.05, 4.69) is 9.55 Å². The minimum atomic E-state index is -0.404. The fraction of sp³-hybridized carbons (Fsp3) is 0.300. The SMILES string of the molecule is Cc1nc2cc(F)ccc2n1C1CCN(C(=O)c2cccc(F)c2)CC1. The molecule has 1 saturated heterocycles. The largest absolute Gasteiger partial charge is 0.338 e. The van der Waals surface area contributed by atoms with Gasteiger partial charge in [-0.2, -0.15) is 0 Å². The Balaban J connectivity index is 1.52. The number of likely N-dealkylation sites (tertiary alicyclic amines) is 1. The van der Waals surface area contributed by atoms with E-state index >= 15 is 0 Å². The maximum Gasteiger partial charge on any atom is 0.253 e. The maximum absolute atomic E-state index is 13.4. The van der Waals surface area contributed by atoms with Crippen LogP contribution in [0.25, 0.3) is 11.0 Å². The van der Waals surface area contributed by atoms with Gasteiger partial charge in [0.05, 0.1) is 11.0 Å². The van der Waals surface area contributed by atoms with Gasteiger partial charge in [0.15, 0.2) is 0 Å². The highest BCUT2D eigenvalue weighted by molar-refractivity contribution is 5.94. The molecule has 3 aromatic rings. The molecule has 1 fully saturated rings. The molecule has 0 unspecified atom stereocenters. The lowest BCUT2D eigenvalue weighted by Crippen LogP contribution is -2.39. The second kappa shape index (κ2) is 6.52. The molecule has 4 rings (SSSR count). The van der Waals surface area contributed by atoms with Crippen molar-refractivity contribution in [3.05, 3.63) is 65.5 Å². The number of imidazole rings is 1. The summed E-state index contributed by atoms with van der Waals surface area (Å²) >= 11 is 0. The van der Waals surface area contributed by atoms with Crippen LogP contribution in [-0.4, -0.2) is 33.4 Å². The molecule has 1 aliphatic rings. The van der Waals surface area contributed by atoms with E-state index in [0.717, 1.165) is 24.2 Å².